The molecule has 148 valence electrons. The van der Waals surface area contributed by atoms with Crippen LogP contribution in [0.2, 0.25) is 0 Å². The van der Waals surface area contributed by atoms with Gasteiger partial charge in [0.15, 0.2) is 0 Å². The fraction of sp³-hybridized carbons (Fsp3) is 0.421. The zero-order valence-corrected chi connectivity index (χ0v) is 15.4. The first kappa shape index (κ1) is 18.8. The third-order valence-corrected chi connectivity index (χ3v) is 5.42. The molecule has 0 aliphatic heterocycles. The maximum absolute atomic E-state index is 13.1. The number of rotatable bonds is 2. The second kappa shape index (κ2) is 6.52. The Morgan fingerprint density at radius 3 is 2.54 bits per heavy atom. The van der Waals surface area contributed by atoms with E-state index in [1.54, 1.807) is 6.20 Å². The number of nitrogens with zero attached hydrogens (tertiary/aromatic N) is 4. The molecule has 28 heavy (non-hydrogen) atoms. The van der Waals surface area contributed by atoms with Crippen LogP contribution in [0.5, 0.6) is 0 Å². The molecule has 3 aromatic heterocycles. The number of hydrogen-bond donors (Lipinski definition) is 2. The quantitative estimate of drug-likeness (QED) is 0.701. The van der Waals surface area contributed by atoms with Crippen LogP contribution < -0.4 is 11.5 Å². The summed E-state index contributed by atoms with van der Waals surface area (Å²) in [6, 6.07) is 2.49. The molecule has 4 N–H and O–H groups in total. The van der Waals surface area contributed by atoms with Crippen molar-refractivity contribution in [3.05, 3.63) is 47.7 Å². The molecule has 1 aliphatic rings. The number of imidazole rings is 1. The summed E-state index contributed by atoms with van der Waals surface area (Å²) in [5.41, 5.74) is 13.2. The minimum Gasteiger partial charge on any atom is -0.328 e. The Kier molecular flexibility index (Phi) is 4.39. The molecular weight excluding hydrogens is 369 g/mol. The van der Waals surface area contributed by atoms with Crippen molar-refractivity contribution in [1.82, 2.24) is 19.4 Å². The number of hydrogen-bond acceptors (Lipinski definition) is 5. The van der Waals surface area contributed by atoms with E-state index in [4.69, 9.17) is 11.5 Å². The van der Waals surface area contributed by atoms with Crippen molar-refractivity contribution in [2.75, 3.05) is 0 Å². The van der Waals surface area contributed by atoms with Gasteiger partial charge >= 0.3 is 6.18 Å². The van der Waals surface area contributed by atoms with E-state index in [0.717, 1.165) is 30.7 Å². The van der Waals surface area contributed by atoms with Gasteiger partial charge < -0.3 is 11.5 Å². The van der Waals surface area contributed by atoms with Gasteiger partial charge in [0.05, 0.1) is 28.7 Å². The zero-order valence-electron chi connectivity index (χ0n) is 15.4. The van der Waals surface area contributed by atoms with Gasteiger partial charge in [0.1, 0.15) is 11.5 Å². The van der Waals surface area contributed by atoms with Crippen LogP contribution in [0.15, 0.2) is 30.7 Å². The maximum atomic E-state index is 13.1. The van der Waals surface area contributed by atoms with Crippen molar-refractivity contribution in [2.24, 2.45) is 11.5 Å². The van der Waals surface area contributed by atoms with Gasteiger partial charge in [-0.05, 0) is 50.3 Å². The molecule has 0 aromatic carbocycles. The van der Waals surface area contributed by atoms with Crippen LogP contribution in [-0.2, 0) is 11.7 Å². The Morgan fingerprint density at radius 2 is 1.86 bits per heavy atom. The summed E-state index contributed by atoms with van der Waals surface area (Å²) in [6.07, 6.45) is 2.69. The van der Waals surface area contributed by atoms with Crippen LogP contribution in [0.1, 0.15) is 42.6 Å². The van der Waals surface area contributed by atoms with Crippen LogP contribution in [0.4, 0.5) is 13.2 Å². The van der Waals surface area contributed by atoms with Crippen molar-refractivity contribution in [2.45, 2.75) is 50.4 Å². The highest BCUT2D eigenvalue weighted by atomic mass is 19.4. The highest BCUT2D eigenvalue weighted by molar-refractivity contribution is 5.63. The Hall–Kier alpha value is -2.52. The number of aromatic nitrogens is 4. The SMILES string of the molecule is Cc1cnc(C2(N)CCC(N)CC2)nc1-c1cnc2ccc(C(F)(F)F)cn12. The first-order valence-corrected chi connectivity index (χ1v) is 9.11. The second-order valence-electron chi connectivity index (χ2n) is 7.51. The number of halogens is 3. The summed E-state index contributed by atoms with van der Waals surface area (Å²) in [7, 11) is 0. The smallest absolute Gasteiger partial charge is 0.328 e. The second-order valence-corrected chi connectivity index (χ2v) is 7.51. The van der Waals surface area contributed by atoms with Crippen molar-refractivity contribution in [1.29, 1.82) is 0 Å². The lowest BCUT2D eigenvalue weighted by Gasteiger charge is -2.34. The topological polar surface area (TPSA) is 95.1 Å². The summed E-state index contributed by atoms with van der Waals surface area (Å²) in [6.45, 7) is 1.81. The van der Waals surface area contributed by atoms with E-state index in [9.17, 15) is 13.2 Å². The summed E-state index contributed by atoms with van der Waals surface area (Å²) >= 11 is 0. The lowest BCUT2D eigenvalue weighted by Crippen LogP contribution is -2.45. The third kappa shape index (κ3) is 3.24. The summed E-state index contributed by atoms with van der Waals surface area (Å²) in [5, 5.41) is 0. The summed E-state index contributed by atoms with van der Waals surface area (Å²) < 4.78 is 40.8. The zero-order chi connectivity index (χ0) is 20.1. The average Bonchev–Trinajstić information content (AvgIpc) is 3.07. The van der Waals surface area contributed by atoms with Crippen LogP contribution >= 0.6 is 0 Å². The third-order valence-electron chi connectivity index (χ3n) is 5.42. The molecule has 1 fully saturated rings. The van der Waals surface area contributed by atoms with Crippen LogP contribution in [-0.4, -0.2) is 25.4 Å². The molecule has 3 heterocycles. The van der Waals surface area contributed by atoms with Crippen LogP contribution in [0.3, 0.4) is 0 Å². The van der Waals surface area contributed by atoms with Gasteiger partial charge in [0, 0.05) is 18.4 Å². The molecule has 0 spiro atoms. The van der Waals surface area contributed by atoms with Crippen molar-refractivity contribution in [3.8, 4) is 11.4 Å². The van der Waals surface area contributed by atoms with Gasteiger partial charge in [-0.15, -0.1) is 0 Å². The number of fused-ring (bicyclic) bond motifs is 1. The fourth-order valence-electron chi connectivity index (χ4n) is 3.64. The molecule has 1 aliphatic carbocycles. The fourth-order valence-corrected chi connectivity index (χ4v) is 3.64. The Bertz CT molecular complexity index is 1020. The minimum absolute atomic E-state index is 0.126. The lowest BCUT2D eigenvalue weighted by molar-refractivity contribution is -0.137. The molecule has 4 rings (SSSR count). The van der Waals surface area contributed by atoms with Gasteiger partial charge in [0.2, 0.25) is 0 Å². The molecule has 0 radical (unpaired) electrons. The average molecular weight is 390 g/mol. The molecule has 1 saturated carbocycles. The summed E-state index contributed by atoms with van der Waals surface area (Å²) in [5.74, 6) is 0.488. The lowest BCUT2D eigenvalue weighted by atomic mass is 9.79. The van der Waals surface area contributed by atoms with Crippen molar-refractivity contribution < 1.29 is 13.2 Å². The number of aryl methyl sites for hydroxylation is 1. The van der Waals surface area contributed by atoms with E-state index in [1.807, 2.05) is 6.92 Å². The van der Waals surface area contributed by atoms with Crippen molar-refractivity contribution in [3.63, 3.8) is 0 Å². The first-order chi connectivity index (χ1) is 13.2. The molecular formula is C19H21F3N6. The van der Waals surface area contributed by atoms with Gasteiger partial charge in [-0.25, -0.2) is 15.0 Å². The normalized spacial score (nSPS) is 23.3. The monoisotopic (exact) mass is 390 g/mol. The molecule has 0 atom stereocenters. The molecule has 9 heteroatoms. The predicted molar refractivity (Wildman–Crippen MR) is 98.3 cm³/mol. The summed E-state index contributed by atoms with van der Waals surface area (Å²) in [4.78, 5) is 13.3. The van der Waals surface area contributed by atoms with Crippen LogP contribution in [0.25, 0.3) is 17.0 Å². The molecule has 0 unspecified atom stereocenters. The highest BCUT2D eigenvalue weighted by Crippen LogP contribution is 2.35. The molecule has 0 bridgehead atoms. The van der Waals surface area contributed by atoms with E-state index in [-0.39, 0.29) is 6.04 Å². The van der Waals surface area contributed by atoms with E-state index in [1.165, 1.54) is 16.7 Å². The number of alkyl halides is 3. The van der Waals surface area contributed by atoms with E-state index >= 15 is 0 Å². The number of pyridine rings is 1. The van der Waals surface area contributed by atoms with Crippen LogP contribution in [0, 0.1) is 6.92 Å². The highest BCUT2D eigenvalue weighted by Gasteiger charge is 2.35. The molecule has 6 nitrogen and oxygen atoms in total. The van der Waals surface area contributed by atoms with Gasteiger partial charge in [-0.1, -0.05) is 0 Å². The maximum Gasteiger partial charge on any atom is 0.417 e. The molecule has 0 saturated heterocycles. The first-order valence-electron chi connectivity index (χ1n) is 9.11. The van der Waals surface area contributed by atoms with E-state index in [2.05, 4.69) is 15.0 Å². The van der Waals surface area contributed by atoms with Gasteiger partial charge in [-0.3, -0.25) is 4.40 Å². The van der Waals surface area contributed by atoms with E-state index < -0.39 is 17.3 Å². The predicted octanol–water partition coefficient (Wildman–Crippen LogP) is 3.17. The Morgan fingerprint density at radius 1 is 1.14 bits per heavy atom. The van der Waals surface area contributed by atoms with Gasteiger partial charge in [-0.2, -0.15) is 13.2 Å². The Balaban J connectivity index is 1.81. The van der Waals surface area contributed by atoms with Gasteiger partial charge in [0.25, 0.3) is 0 Å². The van der Waals surface area contributed by atoms with Crippen molar-refractivity contribution >= 4 is 5.65 Å². The molecule has 3 aromatic rings. The van der Waals surface area contributed by atoms with E-state index in [0.29, 0.717) is 35.7 Å². The largest absolute Gasteiger partial charge is 0.417 e. The number of nitrogens with two attached hydrogens (primary N) is 2. The minimum atomic E-state index is -4.44. The Labute approximate surface area is 159 Å². The molecule has 0 amide bonds. The standard InChI is InChI=1S/C19H21F3N6/c1-11-8-26-17(18(24)6-4-13(23)5-7-18)27-16(11)14-9-25-15-3-2-12(10-28(14)15)19(20,21)22/h2-3,8-10,13H,4-7,23-24H2,1H3.